The van der Waals surface area contributed by atoms with Gasteiger partial charge in [-0.05, 0) is 116 Å². The van der Waals surface area contributed by atoms with Gasteiger partial charge in [0.2, 0.25) is 5.91 Å². The van der Waals surface area contributed by atoms with Crippen molar-refractivity contribution >= 4 is 21.6 Å². The van der Waals surface area contributed by atoms with E-state index in [2.05, 4.69) is 30.4 Å². The van der Waals surface area contributed by atoms with Crippen molar-refractivity contribution in [1.29, 1.82) is 0 Å². The van der Waals surface area contributed by atoms with Crippen LogP contribution in [0.2, 0.25) is 0 Å². The lowest BCUT2D eigenvalue weighted by Gasteiger charge is -2.63. The Morgan fingerprint density at radius 1 is 0.975 bits per heavy atom. The number of aryl methyl sites for hydroxylation is 1. The topological polar surface area (TPSA) is 75.7 Å². The molecular formula is C33H44N2O4S. The van der Waals surface area contributed by atoms with Crippen molar-refractivity contribution in [1.82, 2.24) is 4.90 Å². The molecule has 1 amide bonds. The zero-order chi connectivity index (χ0) is 28.4. The summed E-state index contributed by atoms with van der Waals surface area (Å²) in [6, 6.07) is 14.5. The van der Waals surface area contributed by atoms with Gasteiger partial charge in [-0.2, -0.15) is 0 Å². The van der Waals surface area contributed by atoms with E-state index < -0.39 is 10.0 Å². The van der Waals surface area contributed by atoms with Crippen LogP contribution in [0.5, 0.6) is 5.75 Å². The molecule has 6 rings (SSSR count). The van der Waals surface area contributed by atoms with E-state index in [1.54, 1.807) is 36.4 Å². The Bertz CT molecular complexity index is 1370. The van der Waals surface area contributed by atoms with E-state index in [9.17, 15) is 13.2 Å². The largest absolute Gasteiger partial charge is 0.490 e. The predicted molar refractivity (Wildman–Crippen MR) is 158 cm³/mol. The number of carbonyl (C=O) groups excluding carboxylic acids is 1. The lowest BCUT2D eigenvalue weighted by atomic mass is 9.45. The van der Waals surface area contributed by atoms with Gasteiger partial charge in [0.15, 0.2) is 0 Å². The van der Waals surface area contributed by atoms with Crippen LogP contribution in [0, 0.1) is 41.4 Å². The second-order valence-electron chi connectivity index (χ2n) is 13.8. The number of ether oxygens (including phenoxy) is 1. The summed E-state index contributed by atoms with van der Waals surface area (Å²) >= 11 is 0. The molecule has 2 unspecified atom stereocenters. The lowest BCUT2D eigenvalue weighted by Crippen LogP contribution is -2.62. The van der Waals surface area contributed by atoms with Crippen LogP contribution in [0.15, 0.2) is 53.4 Å². The van der Waals surface area contributed by atoms with Crippen LogP contribution in [0.4, 0.5) is 5.69 Å². The number of carbonyl (C=O) groups is 1. The molecule has 3 aliphatic carbocycles. The van der Waals surface area contributed by atoms with Crippen molar-refractivity contribution in [2.75, 3.05) is 11.8 Å². The van der Waals surface area contributed by atoms with Gasteiger partial charge in [0.25, 0.3) is 10.0 Å². The van der Waals surface area contributed by atoms with Crippen LogP contribution in [0.3, 0.4) is 0 Å². The van der Waals surface area contributed by atoms with E-state index in [1.807, 2.05) is 26.1 Å². The minimum Gasteiger partial charge on any atom is -0.490 e. The molecule has 1 heterocycles. The highest BCUT2D eigenvalue weighted by Gasteiger charge is 2.62. The number of piperidine rings is 1. The fourth-order valence-electron chi connectivity index (χ4n) is 9.27. The monoisotopic (exact) mass is 564 g/mol. The van der Waals surface area contributed by atoms with Gasteiger partial charge in [-0.25, -0.2) is 8.42 Å². The molecule has 40 heavy (non-hydrogen) atoms. The highest BCUT2D eigenvalue weighted by Crippen LogP contribution is 2.66. The second kappa shape index (κ2) is 9.78. The maximum atomic E-state index is 12.8. The summed E-state index contributed by atoms with van der Waals surface area (Å²) in [5.41, 5.74) is 2.04. The van der Waals surface area contributed by atoms with Crippen LogP contribution in [-0.2, 0) is 14.8 Å². The predicted octanol–water partition coefficient (Wildman–Crippen LogP) is 6.65. The fourth-order valence-corrected chi connectivity index (χ4v) is 10.3. The maximum absolute atomic E-state index is 12.8. The van der Waals surface area contributed by atoms with Crippen LogP contribution in [-0.4, -0.2) is 38.4 Å². The number of hydrogen-bond donors (Lipinski definition) is 1. The second-order valence-corrected chi connectivity index (χ2v) is 15.5. The van der Waals surface area contributed by atoms with Crippen molar-refractivity contribution in [2.45, 2.75) is 89.7 Å². The Kier molecular flexibility index (Phi) is 6.75. The third-order valence-corrected chi connectivity index (χ3v) is 12.8. The minimum absolute atomic E-state index is 0.164. The zero-order valence-electron chi connectivity index (χ0n) is 24.5. The normalized spacial score (nSPS) is 37.3. The summed E-state index contributed by atoms with van der Waals surface area (Å²) in [5.74, 6) is 3.67. The average molecular weight is 565 g/mol. The molecule has 3 saturated carbocycles. The molecule has 4 fully saturated rings. The molecule has 1 N–H and O–H groups in total. The number of nitrogens with one attached hydrogen (secondary N) is 1. The zero-order valence-corrected chi connectivity index (χ0v) is 25.3. The maximum Gasteiger partial charge on any atom is 0.261 e. The first kappa shape index (κ1) is 27.6. The highest BCUT2D eigenvalue weighted by molar-refractivity contribution is 7.92. The molecule has 0 radical (unpaired) electrons. The number of likely N-dealkylation sites (tertiary alicyclic amines) is 1. The summed E-state index contributed by atoms with van der Waals surface area (Å²) in [6.07, 6.45) is 7.59. The number of nitrogens with zero attached hydrogens (tertiary/aromatic N) is 1. The summed E-state index contributed by atoms with van der Waals surface area (Å²) in [6.45, 7) is 9.33. The van der Waals surface area contributed by atoms with Crippen molar-refractivity contribution in [2.24, 2.45) is 34.5 Å². The Morgan fingerprint density at radius 3 is 2.38 bits per heavy atom. The summed E-state index contributed by atoms with van der Waals surface area (Å²) in [5, 5.41) is 0. The molecule has 4 aliphatic rings. The molecule has 2 aromatic rings. The van der Waals surface area contributed by atoms with E-state index in [1.165, 1.54) is 12.8 Å². The number of fused-ring (bicyclic) bond motifs is 5. The molecule has 6 nitrogen and oxygen atoms in total. The quantitative estimate of drug-likeness (QED) is 0.441. The SMILES string of the molecule is Cc1ccc(S(=O)(=O)Nc2ccc(O[C@H]3C[C@H]4C5C(C)C[C@H]6N(C)C(=O)CC[C@]6(C)[C@H]5CC[C@]4(C)C3)cc2)cc1. The number of sulfonamides is 1. The Morgan fingerprint density at radius 2 is 1.68 bits per heavy atom. The van der Waals surface area contributed by atoms with Crippen molar-refractivity contribution in [3.63, 3.8) is 0 Å². The van der Waals surface area contributed by atoms with E-state index in [0.717, 1.165) is 37.0 Å². The fraction of sp³-hybridized carbons (Fsp3) is 0.606. The van der Waals surface area contributed by atoms with Gasteiger partial charge in [-0.3, -0.25) is 9.52 Å². The van der Waals surface area contributed by atoms with Crippen LogP contribution in [0.1, 0.15) is 71.3 Å². The molecular weight excluding hydrogens is 520 g/mol. The summed E-state index contributed by atoms with van der Waals surface area (Å²) in [4.78, 5) is 14.9. The van der Waals surface area contributed by atoms with Gasteiger partial charge < -0.3 is 9.64 Å². The molecule has 0 spiro atoms. The minimum atomic E-state index is -3.64. The summed E-state index contributed by atoms with van der Waals surface area (Å²) < 4.78 is 34.8. The van der Waals surface area contributed by atoms with Crippen molar-refractivity contribution < 1.29 is 17.9 Å². The number of rotatable bonds is 5. The first-order valence-corrected chi connectivity index (χ1v) is 16.5. The van der Waals surface area contributed by atoms with Gasteiger partial charge in [0.05, 0.1) is 11.0 Å². The van der Waals surface area contributed by atoms with Crippen LogP contribution < -0.4 is 9.46 Å². The third-order valence-electron chi connectivity index (χ3n) is 11.4. The first-order chi connectivity index (χ1) is 18.9. The van der Waals surface area contributed by atoms with Gasteiger partial charge in [0.1, 0.15) is 5.75 Å². The molecule has 216 valence electrons. The van der Waals surface area contributed by atoms with Gasteiger partial charge in [0, 0.05) is 25.2 Å². The Hall–Kier alpha value is -2.54. The van der Waals surface area contributed by atoms with E-state index >= 15 is 0 Å². The number of anilines is 1. The molecule has 0 aromatic heterocycles. The number of hydrogen-bond acceptors (Lipinski definition) is 4. The van der Waals surface area contributed by atoms with Crippen LogP contribution in [0.25, 0.3) is 0 Å². The van der Waals surface area contributed by atoms with Crippen LogP contribution >= 0.6 is 0 Å². The molecule has 1 aliphatic heterocycles. The molecule has 0 bridgehead atoms. The van der Waals surface area contributed by atoms with Crippen molar-refractivity contribution in [3.05, 3.63) is 54.1 Å². The van der Waals surface area contributed by atoms with Gasteiger partial charge in [-0.1, -0.05) is 38.5 Å². The highest BCUT2D eigenvalue weighted by atomic mass is 32.2. The van der Waals surface area contributed by atoms with Gasteiger partial charge in [-0.15, -0.1) is 0 Å². The van der Waals surface area contributed by atoms with E-state index in [0.29, 0.717) is 47.7 Å². The number of amides is 1. The standard InChI is InChI=1S/C33H44N2O4S/c1-21-6-12-26(13-7-21)40(37,38)34-23-8-10-24(11-9-23)39-25-19-28-31-22(2)18-29-33(4,17-15-30(36)35(29)5)27(31)14-16-32(28,3)20-25/h6-13,22,25,27-29,31,34H,14-20H2,1-5H3/t22?,25-,27-,28-,29+,31?,32+,33+/m0/s1. The number of benzene rings is 2. The molecule has 2 aromatic carbocycles. The Balaban J connectivity index is 1.14. The smallest absolute Gasteiger partial charge is 0.261 e. The molecule has 1 saturated heterocycles. The molecule has 7 heteroatoms. The molecule has 8 atom stereocenters. The average Bonchev–Trinajstić information content (AvgIpc) is 3.25. The van der Waals surface area contributed by atoms with E-state index in [4.69, 9.17) is 4.74 Å². The first-order valence-electron chi connectivity index (χ1n) is 15.0. The Labute approximate surface area is 239 Å². The van der Waals surface area contributed by atoms with Gasteiger partial charge >= 0.3 is 0 Å². The third kappa shape index (κ3) is 4.62. The van der Waals surface area contributed by atoms with E-state index in [-0.39, 0.29) is 21.8 Å². The lowest BCUT2D eigenvalue weighted by molar-refractivity contribution is -0.164. The van der Waals surface area contributed by atoms with Crippen molar-refractivity contribution in [3.8, 4) is 5.75 Å². The summed E-state index contributed by atoms with van der Waals surface area (Å²) in [7, 11) is -1.61.